The summed E-state index contributed by atoms with van der Waals surface area (Å²) in [6.45, 7) is 4.23. The molecule has 1 N–H and O–H groups in total. The van der Waals surface area contributed by atoms with Gasteiger partial charge in [0.05, 0.1) is 5.52 Å². The lowest BCUT2D eigenvalue weighted by Gasteiger charge is -2.09. The van der Waals surface area contributed by atoms with Crippen molar-refractivity contribution < 1.29 is 9.90 Å². The molecule has 1 aromatic carbocycles. The van der Waals surface area contributed by atoms with Crippen LogP contribution in [0.2, 0.25) is 0 Å². The number of carboxylic acids is 1. The van der Waals surface area contributed by atoms with Crippen molar-refractivity contribution in [1.29, 1.82) is 0 Å². The molecule has 1 heterocycles. The number of aromatic nitrogens is 1. The van der Waals surface area contributed by atoms with Crippen molar-refractivity contribution >= 4 is 16.9 Å². The van der Waals surface area contributed by atoms with Gasteiger partial charge in [0.2, 0.25) is 0 Å². The van der Waals surface area contributed by atoms with Crippen molar-refractivity contribution in [3.05, 3.63) is 45.7 Å². The minimum atomic E-state index is -1.18. The van der Waals surface area contributed by atoms with Crippen LogP contribution in [0.1, 0.15) is 22.8 Å². The lowest BCUT2D eigenvalue weighted by molar-refractivity contribution is 0.0694. The molecule has 0 amide bonds. The molecule has 0 unspecified atom stereocenters. The number of fused-ring (bicyclic) bond motifs is 1. The van der Waals surface area contributed by atoms with Crippen LogP contribution in [0.15, 0.2) is 29.1 Å². The molecule has 0 fully saturated rings. The number of carboxylic acid groups (broad SMARTS) is 1. The molecule has 1 aromatic heterocycles. The summed E-state index contributed by atoms with van der Waals surface area (Å²) in [7, 11) is 0. The van der Waals surface area contributed by atoms with Crippen molar-refractivity contribution in [2.24, 2.45) is 0 Å². The van der Waals surface area contributed by atoms with Crippen LogP contribution in [0.5, 0.6) is 0 Å². The molecule has 0 spiro atoms. The molecule has 0 aliphatic carbocycles. The molecule has 0 saturated carbocycles. The van der Waals surface area contributed by atoms with Gasteiger partial charge < -0.3 is 9.67 Å². The van der Waals surface area contributed by atoms with E-state index in [0.29, 0.717) is 6.54 Å². The lowest BCUT2D eigenvalue weighted by atomic mass is 10.1. The number of hydrogen-bond donors (Lipinski definition) is 1. The molecule has 88 valence electrons. The van der Waals surface area contributed by atoms with Gasteiger partial charge in [-0.25, -0.2) is 4.79 Å². The van der Waals surface area contributed by atoms with E-state index in [9.17, 15) is 9.59 Å². The minimum Gasteiger partial charge on any atom is -0.477 e. The van der Waals surface area contributed by atoms with Gasteiger partial charge in [-0.05, 0) is 36.9 Å². The molecule has 0 saturated heterocycles. The quantitative estimate of drug-likeness (QED) is 0.860. The predicted molar refractivity (Wildman–Crippen MR) is 65.6 cm³/mol. The Morgan fingerprint density at radius 2 is 2.06 bits per heavy atom. The molecular formula is C13H13NO3. The topological polar surface area (TPSA) is 59.3 Å². The molecular weight excluding hydrogens is 218 g/mol. The zero-order valence-electron chi connectivity index (χ0n) is 9.73. The number of aryl methyl sites for hydroxylation is 2. The van der Waals surface area contributed by atoms with Gasteiger partial charge in [-0.1, -0.05) is 12.1 Å². The highest BCUT2D eigenvalue weighted by molar-refractivity contribution is 5.92. The predicted octanol–water partition coefficient (Wildman–Crippen LogP) is 2.03. The van der Waals surface area contributed by atoms with Gasteiger partial charge in [-0.3, -0.25) is 4.79 Å². The van der Waals surface area contributed by atoms with Crippen LogP contribution in [-0.2, 0) is 6.54 Å². The molecule has 17 heavy (non-hydrogen) atoms. The van der Waals surface area contributed by atoms with E-state index in [4.69, 9.17) is 5.11 Å². The van der Waals surface area contributed by atoms with Gasteiger partial charge >= 0.3 is 5.97 Å². The fourth-order valence-corrected chi connectivity index (χ4v) is 1.95. The van der Waals surface area contributed by atoms with E-state index in [1.54, 1.807) is 0 Å². The number of hydrogen-bond acceptors (Lipinski definition) is 2. The lowest BCUT2D eigenvalue weighted by Crippen LogP contribution is -2.26. The second kappa shape index (κ2) is 4.05. The van der Waals surface area contributed by atoms with Crippen LogP contribution < -0.4 is 5.56 Å². The summed E-state index contributed by atoms with van der Waals surface area (Å²) in [6.07, 6.45) is 0. The van der Waals surface area contributed by atoms with Gasteiger partial charge in [0.1, 0.15) is 5.56 Å². The average molecular weight is 231 g/mol. The van der Waals surface area contributed by atoms with Crippen LogP contribution in [0.3, 0.4) is 0 Å². The van der Waals surface area contributed by atoms with Gasteiger partial charge in [-0.15, -0.1) is 0 Å². The first-order chi connectivity index (χ1) is 8.04. The van der Waals surface area contributed by atoms with Gasteiger partial charge in [-0.2, -0.15) is 0 Å². The molecule has 2 rings (SSSR count). The third kappa shape index (κ3) is 1.82. The highest BCUT2D eigenvalue weighted by Crippen LogP contribution is 2.15. The van der Waals surface area contributed by atoms with Crippen LogP contribution in [0, 0.1) is 6.92 Å². The summed E-state index contributed by atoms with van der Waals surface area (Å²) in [6, 6.07) is 7.07. The maximum atomic E-state index is 11.9. The Hall–Kier alpha value is -2.10. The van der Waals surface area contributed by atoms with Crippen molar-refractivity contribution in [3.63, 3.8) is 0 Å². The Labute approximate surface area is 98.1 Å². The number of pyridine rings is 1. The van der Waals surface area contributed by atoms with Crippen molar-refractivity contribution in [2.45, 2.75) is 20.4 Å². The monoisotopic (exact) mass is 231 g/mol. The molecule has 0 bridgehead atoms. The van der Waals surface area contributed by atoms with Crippen LogP contribution >= 0.6 is 0 Å². The standard InChI is InChI=1S/C13H13NO3/c1-3-14-11-6-8(2)4-5-9(11)7-10(12(14)15)13(16)17/h4-7H,3H2,1-2H3,(H,16,17). The highest BCUT2D eigenvalue weighted by Gasteiger charge is 2.13. The first-order valence-electron chi connectivity index (χ1n) is 5.42. The summed E-state index contributed by atoms with van der Waals surface area (Å²) in [5.41, 5.74) is 1.20. The molecule has 2 aromatic rings. The van der Waals surface area contributed by atoms with E-state index in [0.717, 1.165) is 16.5 Å². The normalized spacial score (nSPS) is 10.7. The fraction of sp³-hybridized carbons (Fsp3) is 0.231. The minimum absolute atomic E-state index is 0.178. The molecule has 0 aliphatic heterocycles. The number of nitrogens with zero attached hydrogens (tertiary/aromatic N) is 1. The summed E-state index contributed by atoms with van der Waals surface area (Å²) in [5, 5.41) is 9.76. The Balaban J connectivity index is 2.94. The number of rotatable bonds is 2. The van der Waals surface area contributed by atoms with E-state index in [-0.39, 0.29) is 5.56 Å². The maximum absolute atomic E-state index is 11.9. The van der Waals surface area contributed by atoms with Crippen LogP contribution in [-0.4, -0.2) is 15.6 Å². The van der Waals surface area contributed by atoms with Crippen molar-refractivity contribution in [3.8, 4) is 0 Å². The smallest absolute Gasteiger partial charge is 0.341 e. The largest absolute Gasteiger partial charge is 0.477 e. The zero-order chi connectivity index (χ0) is 12.6. The first-order valence-corrected chi connectivity index (χ1v) is 5.42. The molecule has 0 radical (unpaired) electrons. The summed E-state index contributed by atoms with van der Waals surface area (Å²) in [5.74, 6) is -1.18. The molecule has 4 nitrogen and oxygen atoms in total. The van der Waals surface area contributed by atoms with Crippen molar-refractivity contribution in [2.75, 3.05) is 0 Å². The number of aromatic carboxylic acids is 1. The Bertz CT molecular complexity index is 655. The van der Waals surface area contributed by atoms with Crippen LogP contribution in [0.4, 0.5) is 0 Å². The third-order valence-corrected chi connectivity index (χ3v) is 2.80. The summed E-state index contributed by atoms with van der Waals surface area (Å²) < 4.78 is 1.49. The van der Waals surface area contributed by atoms with E-state index < -0.39 is 11.5 Å². The highest BCUT2D eigenvalue weighted by atomic mass is 16.4. The Morgan fingerprint density at radius 1 is 1.35 bits per heavy atom. The summed E-state index contributed by atoms with van der Waals surface area (Å²) in [4.78, 5) is 22.9. The first kappa shape index (κ1) is 11.4. The van der Waals surface area contributed by atoms with Crippen molar-refractivity contribution in [1.82, 2.24) is 4.57 Å². The third-order valence-electron chi connectivity index (χ3n) is 2.80. The molecule has 0 atom stereocenters. The zero-order valence-corrected chi connectivity index (χ0v) is 9.73. The molecule has 4 heteroatoms. The van der Waals surface area contributed by atoms with Gasteiger partial charge in [0.25, 0.3) is 5.56 Å². The molecule has 0 aliphatic rings. The van der Waals surface area contributed by atoms with E-state index in [2.05, 4.69) is 0 Å². The second-order valence-electron chi connectivity index (χ2n) is 3.97. The average Bonchev–Trinajstić information content (AvgIpc) is 2.28. The van der Waals surface area contributed by atoms with E-state index in [1.165, 1.54) is 10.6 Å². The SMILES string of the molecule is CCn1c(=O)c(C(=O)O)cc2ccc(C)cc21. The summed E-state index contributed by atoms with van der Waals surface area (Å²) >= 11 is 0. The van der Waals surface area contributed by atoms with Crippen LogP contribution in [0.25, 0.3) is 10.9 Å². The maximum Gasteiger partial charge on any atom is 0.341 e. The second-order valence-corrected chi connectivity index (χ2v) is 3.97. The Morgan fingerprint density at radius 3 is 2.65 bits per heavy atom. The Kier molecular flexibility index (Phi) is 2.71. The van der Waals surface area contributed by atoms with Gasteiger partial charge in [0.15, 0.2) is 0 Å². The number of benzene rings is 1. The van der Waals surface area contributed by atoms with E-state index >= 15 is 0 Å². The fourth-order valence-electron chi connectivity index (χ4n) is 1.95. The van der Waals surface area contributed by atoms with E-state index in [1.807, 2.05) is 32.0 Å². The number of carbonyl (C=O) groups is 1. The van der Waals surface area contributed by atoms with Gasteiger partial charge in [0, 0.05) is 6.54 Å².